The van der Waals surface area contributed by atoms with E-state index in [0.717, 1.165) is 89.6 Å². The van der Waals surface area contributed by atoms with Crippen LogP contribution in [0.1, 0.15) is 133 Å². The summed E-state index contributed by atoms with van der Waals surface area (Å²) in [5.74, 6) is 13.6. The van der Waals surface area contributed by atoms with E-state index in [1.807, 2.05) is 28.8 Å². The molecule has 0 aliphatic carbocycles. The number of nitrogens with zero attached hydrogens (tertiary/aromatic N) is 3. The van der Waals surface area contributed by atoms with Crippen molar-refractivity contribution in [3.63, 3.8) is 0 Å². The molecule has 12 rings (SSSR count). The van der Waals surface area contributed by atoms with Gasteiger partial charge in [-0.25, -0.2) is 0 Å². The third-order valence-electron chi connectivity index (χ3n) is 16.2. The van der Waals surface area contributed by atoms with Gasteiger partial charge in [-0.1, -0.05) is 143 Å². The Balaban J connectivity index is 0.887. The minimum absolute atomic E-state index is 0.00948. The van der Waals surface area contributed by atoms with Gasteiger partial charge >= 0.3 is 6.18 Å². The molecule has 0 unspecified atom stereocenters. The maximum Gasteiger partial charge on any atom is 0.416 e. The van der Waals surface area contributed by atoms with Crippen LogP contribution in [-0.4, -0.2) is 13.7 Å². The van der Waals surface area contributed by atoms with Crippen LogP contribution in [0.2, 0.25) is 0 Å². The van der Waals surface area contributed by atoms with E-state index in [1.165, 1.54) is 55.9 Å². The van der Waals surface area contributed by atoms with Gasteiger partial charge in [0.15, 0.2) is 0 Å². The fraction of sp³-hybridized carbons (Fsp3) is 0.227. The van der Waals surface area contributed by atoms with Gasteiger partial charge in [0, 0.05) is 71.6 Å². The molecule has 0 bridgehead atoms. The summed E-state index contributed by atoms with van der Waals surface area (Å²) in [5.41, 5.74) is 16.8. The molecule has 0 fully saturated rings. The number of benzene rings is 9. The van der Waals surface area contributed by atoms with E-state index in [-0.39, 0.29) is 21.7 Å². The highest BCUT2D eigenvalue weighted by Crippen LogP contribution is 2.41. The predicted molar refractivity (Wildman–Crippen MR) is 334 cm³/mol. The van der Waals surface area contributed by atoms with E-state index in [1.54, 1.807) is 0 Å². The average molecular weight is 1070 g/mol. The first kappa shape index (κ1) is 53.0. The number of alkyl halides is 3. The number of hydrogen-bond acceptors (Lipinski definition) is 0. The lowest BCUT2D eigenvalue weighted by atomic mass is 9.85. The minimum atomic E-state index is -4.47. The lowest BCUT2D eigenvalue weighted by Crippen LogP contribution is -2.10. The zero-order chi connectivity index (χ0) is 57.1. The zero-order valence-corrected chi connectivity index (χ0v) is 48.3. The molecule has 0 aliphatic rings. The molecule has 0 spiro atoms. The fourth-order valence-electron chi connectivity index (χ4n) is 11.4. The highest BCUT2D eigenvalue weighted by molar-refractivity contribution is 6.12. The van der Waals surface area contributed by atoms with Crippen LogP contribution in [0.4, 0.5) is 13.2 Å². The molecule has 402 valence electrons. The second kappa shape index (κ2) is 19.0. The molecule has 6 heteroatoms. The van der Waals surface area contributed by atoms with Crippen molar-refractivity contribution in [2.75, 3.05) is 0 Å². The third-order valence-corrected chi connectivity index (χ3v) is 16.2. The molecular formula is C75H66F3N3. The van der Waals surface area contributed by atoms with Gasteiger partial charge in [-0.15, -0.1) is 0 Å². The van der Waals surface area contributed by atoms with E-state index in [4.69, 9.17) is 0 Å². The Morgan fingerprint density at radius 1 is 0.247 bits per heavy atom. The summed E-state index contributed by atoms with van der Waals surface area (Å²) >= 11 is 0. The molecule has 3 aromatic heterocycles. The minimum Gasteiger partial charge on any atom is -0.309 e. The van der Waals surface area contributed by atoms with Crippen molar-refractivity contribution in [3.05, 3.63) is 232 Å². The van der Waals surface area contributed by atoms with Crippen LogP contribution in [0.3, 0.4) is 0 Å². The summed E-state index contributed by atoms with van der Waals surface area (Å²) in [6.45, 7) is 27.1. The van der Waals surface area contributed by atoms with E-state index in [9.17, 15) is 13.2 Å². The van der Waals surface area contributed by atoms with Crippen LogP contribution < -0.4 is 0 Å². The monoisotopic (exact) mass is 1070 g/mol. The molecule has 0 aliphatic heterocycles. The lowest BCUT2D eigenvalue weighted by Gasteiger charge is -2.19. The molecule has 3 nitrogen and oxygen atoms in total. The molecule has 0 amide bonds. The van der Waals surface area contributed by atoms with E-state index in [2.05, 4.69) is 249 Å². The van der Waals surface area contributed by atoms with Crippen LogP contribution in [0.25, 0.3) is 82.5 Å². The van der Waals surface area contributed by atoms with Crippen molar-refractivity contribution in [1.29, 1.82) is 0 Å². The van der Waals surface area contributed by atoms with Gasteiger partial charge < -0.3 is 13.7 Å². The lowest BCUT2D eigenvalue weighted by molar-refractivity contribution is -0.137. The second-order valence-corrected chi connectivity index (χ2v) is 26.0. The summed E-state index contributed by atoms with van der Waals surface area (Å²) in [4.78, 5) is 0. The summed E-state index contributed by atoms with van der Waals surface area (Å²) < 4.78 is 48.5. The summed E-state index contributed by atoms with van der Waals surface area (Å²) in [6.07, 6.45) is -4.47. The first-order valence-corrected chi connectivity index (χ1v) is 28.0. The van der Waals surface area contributed by atoms with Gasteiger partial charge in [0.2, 0.25) is 0 Å². The van der Waals surface area contributed by atoms with Crippen molar-refractivity contribution in [2.24, 2.45) is 0 Å². The standard InChI is InChI=1S/C75H66F3N3/c1-71(2,3)52-25-37-65-61(43-52)62-44-53(72(4,5)6)26-38-66(62)79(65)56-29-17-47(18-30-56)13-15-49-21-35-59-60-36-22-50(42-70(60)81(69(59)41-49)58-33-23-51(24-34-58)75(76,77)78)16-14-48-19-31-57(32-20-48)80-67-39-27-54(73(7,8)9)45-63(67)64-46-55(74(10,11)12)28-40-68(64)80/h17-46H,1-12H3. The SMILES string of the molecule is CC(C)(C)c1ccc2c(c1)c1cc(C(C)(C)C)ccc1n2-c1ccc(C#Cc2ccc3c4ccc(C#Cc5ccc(-n6c7ccc(C(C)(C)C)cc7c7cc(C(C)(C)C)ccc76)cc5)cc4n(-c4ccc(C(F)(F)F)cc4)c3c2)cc1. The van der Waals surface area contributed by atoms with Crippen LogP contribution in [0.15, 0.2) is 182 Å². The first-order chi connectivity index (χ1) is 38.3. The Labute approximate surface area is 473 Å². The first-order valence-electron chi connectivity index (χ1n) is 28.0. The van der Waals surface area contributed by atoms with Crippen molar-refractivity contribution < 1.29 is 13.2 Å². The maximum absolute atomic E-state index is 13.9. The topological polar surface area (TPSA) is 14.8 Å². The average Bonchev–Trinajstić information content (AvgIpc) is 2.93. The molecule has 3 heterocycles. The highest BCUT2D eigenvalue weighted by atomic mass is 19.4. The summed E-state index contributed by atoms with van der Waals surface area (Å²) in [7, 11) is 0. The van der Waals surface area contributed by atoms with Crippen LogP contribution in [0.5, 0.6) is 0 Å². The van der Waals surface area contributed by atoms with E-state index in [0.29, 0.717) is 5.69 Å². The molecular weight excluding hydrogens is 1000 g/mol. The summed E-state index contributed by atoms with van der Waals surface area (Å²) in [6, 6.07) is 61.8. The molecule has 0 atom stereocenters. The zero-order valence-electron chi connectivity index (χ0n) is 48.3. The molecule has 0 radical (unpaired) electrons. The van der Waals surface area contributed by atoms with Crippen LogP contribution >= 0.6 is 0 Å². The molecule has 0 saturated heterocycles. The molecule has 0 saturated carbocycles. The van der Waals surface area contributed by atoms with Gasteiger partial charge in [-0.2, -0.15) is 13.2 Å². The number of hydrogen-bond donors (Lipinski definition) is 0. The Bertz CT molecular complexity index is 4210. The quantitative estimate of drug-likeness (QED) is 0.157. The van der Waals surface area contributed by atoms with Gasteiger partial charge in [-0.05, 0) is 190 Å². The van der Waals surface area contributed by atoms with E-state index >= 15 is 0 Å². The van der Waals surface area contributed by atoms with Gasteiger partial charge in [0.1, 0.15) is 0 Å². The van der Waals surface area contributed by atoms with Crippen LogP contribution in [-0.2, 0) is 27.8 Å². The number of aromatic nitrogens is 3. The van der Waals surface area contributed by atoms with Crippen molar-refractivity contribution in [3.8, 4) is 40.7 Å². The Kier molecular flexibility index (Phi) is 12.4. The largest absolute Gasteiger partial charge is 0.416 e. The Morgan fingerprint density at radius 3 is 0.778 bits per heavy atom. The Morgan fingerprint density at radius 2 is 0.494 bits per heavy atom. The van der Waals surface area contributed by atoms with Crippen molar-refractivity contribution >= 4 is 65.4 Å². The van der Waals surface area contributed by atoms with Gasteiger partial charge in [0.05, 0.1) is 38.7 Å². The smallest absolute Gasteiger partial charge is 0.309 e. The number of halogens is 3. The molecule has 9 aromatic carbocycles. The second-order valence-electron chi connectivity index (χ2n) is 26.0. The third kappa shape index (κ3) is 9.76. The van der Waals surface area contributed by atoms with Gasteiger partial charge in [-0.3, -0.25) is 0 Å². The number of rotatable bonds is 3. The number of fused-ring (bicyclic) bond motifs is 9. The fourth-order valence-corrected chi connectivity index (χ4v) is 11.4. The normalized spacial score (nSPS) is 12.7. The highest BCUT2D eigenvalue weighted by Gasteiger charge is 2.30. The molecule has 81 heavy (non-hydrogen) atoms. The van der Waals surface area contributed by atoms with E-state index < -0.39 is 11.7 Å². The molecule has 12 aromatic rings. The summed E-state index contributed by atoms with van der Waals surface area (Å²) in [5, 5.41) is 6.87. The van der Waals surface area contributed by atoms with Crippen LogP contribution in [0, 0.1) is 23.7 Å². The predicted octanol–water partition coefficient (Wildman–Crippen LogP) is 20.0. The van der Waals surface area contributed by atoms with Crippen molar-refractivity contribution in [1.82, 2.24) is 13.7 Å². The van der Waals surface area contributed by atoms with Crippen molar-refractivity contribution in [2.45, 2.75) is 111 Å². The Hall–Kier alpha value is -8.71. The maximum atomic E-state index is 13.9. The van der Waals surface area contributed by atoms with Gasteiger partial charge in [0.25, 0.3) is 0 Å². The molecule has 0 N–H and O–H groups in total.